The van der Waals surface area contributed by atoms with Gasteiger partial charge < -0.3 is 5.11 Å². The fourth-order valence-corrected chi connectivity index (χ4v) is 3.29. The van der Waals surface area contributed by atoms with Crippen LogP contribution < -0.4 is 0 Å². The van der Waals surface area contributed by atoms with Crippen LogP contribution in [0.25, 0.3) is 0 Å². The Kier molecular flexibility index (Phi) is 4.66. The SMILES string of the molecule is CCCC1(C(=O)O)CCCN1Cc1ccc(F)cc1Cl. The Morgan fingerprint density at radius 1 is 1.55 bits per heavy atom. The Hall–Kier alpha value is -1.13. The van der Waals surface area contributed by atoms with Crippen LogP contribution in [0.2, 0.25) is 5.02 Å². The van der Waals surface area contributed by atoms with Crippen LogP contribution in [0.1, 0.15) is 38.2 Å². The van der Waals surface area contributed by atoms with Crippen molar-refractivity contribution in [1.29, 1.82) is 0 Å². The van der Waals surface area contributed by atoms with Crippen LogP contribution in [-0.2, 0) is 11.3 Å². The Morgan fingerprint density at radius 2 is 2.30 bits per heavy atom. The number of halogens is 2. The summed E-state index contributed by atoms with van der Waals surface area (Å²) in [5.74, 6) is -1.15. The van der Waals surface area contributed by atoms with E-state index in [9.17, 15) is 14.3 Å². The molecule has 1 fully saturated rings. The Balaban J connectivity index is 2.24. The fraction of sp³-hybridized carbons (Fsp3) is 0.533. The molecule has 0 aromatic heterocycles. The van der Waals surface area contributed by atoms with E-state index in [1.165, 1.54) is 12.1 Å². The Morgan fingerprint density at radius 3 is 2.90 bits per heavy atom. The lowest BCUT2D eigenvalue weighted by Gasteiger charge is -2.34. The van der Waals surface area contributed by atoms with Crippen LogP contribution in [0.15, 0.2) is 18.2 Å². The smallest absolute Gasteiger partial charge is 0.324 e. The summed E-state index contributed by atoms with van der Waals surface area (Å²) in [6, 6.07) is 4.27. The van der Waals surface area contributed by atoms with E-state index < -0.39 is 11.5 Å². The number of benzene rings is 1. The van der Waals surface area contributed by atoms with Crippen molar-refractivity contribution in [3.8, 4) is 0 Å². The summed E-state index contributed by atoms with van der Waals surface area (Å²) < 4.78 is 13.1. The predicted octanol–water partition coefficient (Wildman–Crippen LogP) is 3.70. The molecular weight excluding hydrogens is 281 g/mol. The van der Waals surface area contributed by atoms with Gasteiger partial charge in [-0.25, -0.2) is 4.39 Å². The third-order valence-corrected chi connectivity index (χ3v) is 4.41. The van der Waals surface area contributed by atoms with Gasteiger partial charge in [0.2, 0.25) is 0 Å². The van der Waals surface area contributed by atoms with Crippen LogP contribution >= 0.6 is 11.6 Å². The zero-order valence-corrected chi connectivity index (χ0v) is 12.3. The zero-order chi connectivity index (χ0) is 14.8. The molecule has 1 N–H and O–H groups in total. The van der Waals surface area contributed by atoms with E-state index in [0.717, 1.165) is 24.9 Å². The largest absolute Gasteiger partial charge is 0.480 e. The zero-order valence-electron chi connectivity index (χ0n) is 11.5. The maximum absolute atomic E-state index is 13.1. The van der Waals surface area contributed by atoms with E-state index in [-0.39, 0.29) is 5.82 Å². The minimum absolute atomic E-state index is 0.354. The molecule has 0 radical (unpaired) electrons. The maximum atomic E-state index is 13.1. The van der Waals surface area contributed by atoms with Crippen molar-refractivity contribution >= 4 is 17.6 Å². The molecule has 1 aliphatic heterocycles. The van der Waals surface area contributed by atoms with E-state index >= 15 is 0 Å². The highest BCUT2D eigenvalue weighted by molar-refractivity contribution is 6.31. The predicted molar refractivity (Wildman–Crippen MR) is 76.3 cm³/mol. The average molecular weight is 300 g/mol. The molecule has 0 saturated carbocycles. The molecular formula is C15H19ClFNO2. The first-order valence-corrected chi connectivity index (χ1v) is 7.30. The first kappa shape index (κ1) is 15.3. The molecule has 5 heteroatoms. The molecule has 0 aliphatic carbocycles. The van der Waals surface area contributed by atoms with Gasteiger partial charge in [0.25, 0.3) is 0 Å². The number of carboxylic acid groups (broad SMARTS) is 1. The molecule has 110 valence electrons. The van der Waals surface area contributed by atoms with E-state index in [1.807, 2.05) is 11.8 Å². The highest BCUT2D eigenvalue weighted by Gasteiger charge is 2.46. The van der Waals surface area contributed by atoms with Crippen LogP contribution in [0.4, 0.5) is 4.39 Å². The Bertz CT molecular complexity index is 509. The average Bonchev–Trinajstić information content (AvgIpc) is 2.77. The van der Waals surface area contributed by atoms with Crippen LogP contribution in [-0.4, -0.2) is 28.1 Å². The minimum Gasteiger partial charge on any atom is -0.480 e. The van der Waals surface area contributed by atoms with Gasteiger partial charge in [-0.1, -0.05) is 31.0 Å². The molecule has 0 bridgehead atoms. The molecule has 1 aliphatic rings. The summed E-state index contributed by atoms with van der Waals surface area (Å²) in [5.41, 5.74) is -0.0244. The standard InChI is InChI=1S/C15H19ClFNO2/c1-2-6-15(14(19)20)7-3-8-18(15)10-11-4-5-12(17)9-13(11)16/h4-5,9H,2-3,6-8,10H2,1H3,(H,19,20). The number of aliphatic carboxylic acids is 1. The molecule has 1 heterocycles. The van der Waals surface area contributed by atoms with Gasteiger partial charge in [-0.15, -0.1) is 0 Å². The minimum atomic E-state index is -0.799. The number of rotatable bonds is 5. The summed E-state index contributed by atoms with van der Waals surface area (Å²) in [6.45, 7) is 3.18. The fourth-order valence-electron chi connectivity index (χ4n) is 3.07. The molecule has 1 atom stereocenters. The van der Waals surface area contributed by atoms with Crippen molar-refractivity contribution in [3.05, 3.63) is 34.6 Å². The molecule has 0 amide bonds. The van der Waals surface area contributed by atoms with Gasteiger partial charge in [0.05, 0.1) is 0 Å². The molecule has 3 nitrogen and oxygen atoms in total. The van der Waals surface area contributed by atoms with Crippen LogP contribution in [0.5, 0.6) is 0 Å². The lowest BCUT2D eigenvalue weighted by atomic mass is 9.90. The van der Waals surface area contributed by atoms with Crippen LogP contribution in [0.3, 0.4) is 0 Å². The summed E-state index contributed by atoms with van der Waals surface area (Å²) in [5, 5.41) is 9.98. The molecule has 0 spiro atoms. The molecule has 2 rings (SSSR count). The van der Waals surface area contributed by atoms with Gasteiger partial charge in [-0.3, -0.25) is 9.69 Å². The molecule has 1 unspecified atom stereocenters. The molecule has 1 aromatic rings. The van der Waals surface area contributed by atoms with Crippen LogP contribution in [0, 0.1) is 5.82 Å². The summed E-state index contributed by atoms with van der Waals surface area (Å²) in [4.78, 5) is 13.7. The monoisotopic (exact) mass is 299 g/mol. The van der Waals surface area contributed by atoms with E-state index in [1.54, 1.807) is 6.07 Å². The lowest BCUT2D eigenvalue weighted by Crippen LogP contribution is -2.50. The van der Waals surface area contributed by atoms with Gasteiger partial charge in [0.15, 0.2) is 0 Å². The van der Waals surface area contributed by atoms with Crippen molar-refractivity contribution in [2.75, 3.05) is 6.54 Å². The van der Waals surface area contributed by atoms with E-state index in [0.29, 0.717) is 24.4 Å². The van der Waals surface area contributed by atoms with Crippen molar-refractivity contribution in [1.82, 2.24) is 4.90 Å². The van der Waals surface area contributed by atoms with Gasteiger partial charge in [0.1, 0.15) is 11.4 Å². The molecule has 1 saturated heterocycles. The molecule has 1 aromatic carbocycles. The first-order valence-electron chi connectivity index (χ1n) is 6.92. The van der Waals surface area contributed by atoms with E-state index in [4.69, 9.17) is 11.6 Å². The normalized spacial score (nSPS) is 23.1. The molecule has 20 heavy (non-hydrogen) atoms. The van der Waals surface area contributed by atoms with Crippen molar-refractivity contribution in [2.45, 2.75) is 44.7 Å². The van der Waals surface area contributed by atoms with Gasteiger partial charge in [-0.05, 0) is 43.5 Å². The Labute approximate surface area is 123 Å². The first-order chi connectivity index (χ1) is 9.49. The second-order valence-corrected chi connectivity index (χ2v) is 5.75. The summed E-state index contributed by atoms with van der Waals surface area (Å²) >= 11 is 6.04. The second kappa shape index (κ2) is 6.10. The highest BCUT2D eigenvalue weighted by Crippen LogP contribution is 2.36. The second-order valence-electron chi connectivity index (χ2n) is 5.35. The topological polar surface area (TPSA) is 40.5 Å². The number of hydrogen-bond acceptors (Lipinski definition) is 2. The number of nitrogens with zero attached hydrogens (tertiary/aromatic N) is 1. The number of carboxylic acids is 1. The maximum Gasteiger partial charge on any atom is 0.324 e. The quantitative estimate of drug-likeness (QED) is 0.901. The third-order valence-electron chi connectivity index (χ3n) is 4.06. The van der Waals surface area contributed by atoms with Gasteiger partial charge >= 0.3 is 5.97 Å². The van der Waals surface area contributed by atoms with Crippen molar-refractivity contribution < 1.29 is 14.3 Å². The van der Waals surface area contributed by atoms with Crippen molar-refractivity contribution in [2.24, 2.45) is 0 Å². The van der Waals surface area contributed by atoms with Crippen molar-refractivity contribution in [3.63, 3.8) is 0 Å². The number of likely N-dealkylation sites (tertiary alicyclic amines) is 1. The number of hydrogen-bond donors (Lipinski definition) is 1. The van der Waals surface area contributed by atoms with Gasteiger partial charge in [0, 0.05) is 11.6 Å². The van der Waals surface area contributed by atoms with E-state index in [2.05, 4.69) is 0 Å². The van der Waals surface area contributed by atoms with Gasteiger partial charge in [-0.2, -0.15) is 0 Å². The summed E-state index contributed by atoms with van der Waals surface area (Å²) in [7, 11) is 0. The third kappa shape index (κ3) is 2.81. The lowest BCUT2D eigenvalue weighted by molar-refractivity contribution is -0.150. The highest BCUT2D eigenvalue weighted by atomic mass is 35.5. The number of carbonyl (C=O) groups is 1. The summed E-state index contributed by atoms with van der Waals surface area (Å²) in [6.07, 6.45) is 2.97.